The zero-order chi connectivity index (χ0) is 42.8. The third kappa shape index (κ3) is 44.3. The summed E-state index contributed by atoms with van der Waals surface area (Å²) in [6.07, 6.45) is 42.9. The second-order valence-electron chi connectivity index (χ2n) is 17.9. The van der Waals surface area contributed by atoms with E-state index in [1.54, 1.807) is 0 Å². The maximum Gasteiger partial charge on any atom is 0.472 e. The second kappa shape index (κ2) is 41.1. The third-order valence-electron chi connectivity index (χ3n) is 10.9. The maximum absolute atomic E-state index is 12.7. The van der Waals surface area contributed by atoms with Crippen LogP contribution in [0.3, 0.4) is 0 Å². The molecule has 0 aromatic heterocycles. The fraction of sp³-hybridized carbons (Fsp3) is 0.917. The van der Waals surface area contributed by atoms with E-state index >= 15 is 0 Å². The van der Waals surface area contributed by atoms with Gasteiger partial charge in [-0.05, 0) is 25.7 Å². The molecule has 1 N–H and O–H groups in total. The van der Waals surface area contributed by atoms with E-state index in [0.29, 0.717) is 23.9 Å². The molecule has 0 aliphatic heterocycles. The first kappa shape index (κ1) is 56.8. The van der Waals surface area contributed by atoms with Crippen molar-refractivity contribution in [3.8, 4) is 0 Å². The van der Waals surface area contributed by atoms with E-state index in [1.807, 2.05) is 27.2 Å². The normalized spacial score (nSPS) is 13.3. The molecule has 2 atom stereocenters. The van der Waals surface area contributed by atoms with Crippen molar-refractivity contribution in [2.45, 2.75) is 238 Å². The Morgan fingerprint density at radius 1 is 0.552 bits per heavy atom. The number of unbranched alkanes of at least 4 members (excludes halogenated alkanes) is 31. The quantitative estimate of drug-likeness (QED) is 0.0212. The molecule has 0 saturated carbocycles. The van der Waals surface area contributed by atoms with Crippen LogP contribution in [0.25, 0.3) is 0 Å². The van der Waals surface area contributed by atoms with Gasteiger partial charge >= 0.3 is 19.8 Å². The molecular weight excluding hydrogens is 750 g/mol. The summed E-state index contributed by atoms with van der Waals surface area (Å²) >= 11 is 0. The standard InChI is InChI=1S/C48H94NO8P/c1-6-8-10-12-14-16-18-20-22-23-24-25-27-29-31-33-35-37-39-41-48(51)57-46(45-56-58(52,53)55-43-42-49(3,4)5)44-54-47(50)40-38-36-34-32-30-28-26-21-19-17-15-13-11-9-7-2/h7,46H,2,6,8-45H2,1,3-5H3/p+1/t46-/m1/s1. The number of hydrogen-bond donors (Lipinski definition) is 1. The zero-order valence-electron chi connectivity index (χ0n) is 38.6. The van der Waals surface area contributed by atoms with Crippen molar-refractivity contribution >= 4 is 19.8 Å². The lowest BCUT2D eigenvalue weighted by Crippen LogP contribution is -2.37. The van der Waals surface area contributed by atoms with E-state index in [0.717, 1.165) is 38.5 Å². The number of hydrogen-bond acceptors (Lipinski definition) is 7. The van der Waals surface area contributed by atoms with Gasteiger partial charge in [-0.25, -0.2) is 4.57 Å². The summed E-state index contributed by atoms with van der Waals surface area (Å²) in [5.74, 6) is -0.787. The lowest BCUT2D eigenvalue weighted by atomic mass is 10.0. The molecule has 0 aromatic carbocycles. The van der Waals surface area contributed by atoms with Crippen LogP contribution >= 0.6 is 7.82 Å². The lowest BCUT2D eigenvalue weighted by Gasteiger charge is -2.24. The highest BCUT2D eigenvalue weighted by Gasteiger charge is 2.27. The number of phosphoric acid groups is 1. The van der Waals surface area contributed by atoms with E-state index in [-0.39, 0.29) is 25.6 Å². The molecule has 0 aliphatic rings. The van der Waals surface area contributed by atoms with Crippen LogP contribution in [0.2, 0.25) is 0 Å². The van der Waals surface area contributed by atoms with Crippen LogP contribution in [0.5, 0.6) is 0 Å². The van der Waals surface area contributed by atoms with Gasteiger partial charge in [0.25, 0.3) is 0 Å². The summed E-state index contributed by atoms with van der Waals surface area (Å²) in [7, 11) is 1.49. The summed E-state index contributed by atoms with van der Waals surface area (Å²) in [5.41, 5.74) is 0. The first-order valence-electron chi connectivity index (χ1n) is 24.4. The highest BCUT2D eigenvalue weighted by atomic mass is 31.2. The number of ether oxygens (including phenoxy) is 2. The Bertz CT molecular complexity index is 987. The fourth-order valence-corrected chi connectivity index (χ4v) is 7.86. The van der Waals surface area contributed by atoms with Crippen molar-refractivity contribution in [1.82, 2.24) is 0 Å². The first-order chi connectivity index (χ1) is 28.0. The topological polar surface area (TPSA) is 108 Å². The van der Waals surface area contributed by atoms with Crippen molar-refractivity contribution in [2.75, 3.05) is 47.5 Å². The molecule has 0 radical (unpaired) electrons. The van der Waals surface area contributed by atoms with E-state index in [2.05, 4.69) is 13.5 Å². The zero-order valence-corrected chi connectivity index (χ0v) is 39.5. The number of rotatable bonds is 46. The molecule has 0 fully saturated rings. The van der Waals surface area contributed by atoms with Crippen molar-refractivity contribution in [1.29, 1.82) is 0 Å². The summed E-state index contributed by atoms with van der Waals surface area (Å²) in [6, 6.07) is 0. The minimum Gasteiger partial charge on any atom is -0.462 e. The van der Waals surface area contributed by atoms with Crippen LogP contribution < -0.4 is 0 Å². The van der Waals surface area contributed by atoms with E-state index in [9.17, 15) is 19.0 Å². The van der Waals surface area contributed by atoms with Gasteiger partial charge in [-0.3, -0.25) is 18.6 Å². The van der Waals surface area contributed by atoms with Gasteiger partial charge in [0.15, 0.2) is 6.10 Å². The van der Waals surface area contributed by atoms with Crippen molar-refractivity contribution in [2.24, 2.45) is 0 Å². The second-order valence-corrected chi connectivity index (χ2v) is 19.4. The molecule has 0 saturated heterocycles. The van der Waals surface area contributed by atoms with Crippen molar-refractivity contribution < 1.29 is 42.1 Å². The summed E-state index contributed by atoms with van der Waals surface area (Å²) < 4.78 is 34.4. The Morgan fingerprint density at radius 2 is 0.914 bits per heavy atom. The highest BCUT2D eigenvalue weighted by molar-refractivity contribution is 7.47. The summed E-state index contributed by atoms with van der Waals surface area (Å²) in [6.45, 7) is 5.99. The Kier molecular flexibility index (Phi) is 40.2. The minimum atomic E-state index is -4.37. The number of likely N-dealkylation sites (N-methyl/N-ethyl adjacent to an activating group) is 1. The SMILES string of the molecule is C=CCCCCCCCCCCCCCCCC(=O)OC[C@H](COP(=O)(O)OCC[N+](C)(C)C)OC(=O)CCCCCCCCCCCCCCCCCCCCC. The number of quaternary nitrogens is 1. The van der Waals surface area contributed by atoms with Crippen LogP contribution in [-0.4, -0.2) is 74.9 Å². The predicted octanol–water partition coefficient (Wildman–Crippen LogP) is 14.1. The van der Waals surface area contributed by atoms with Gasteiger partial charge in [-0.1, -0.05) is 199 Å². The van der Waals surface area contributed by atoms with Gasteiger partial charge in [0.05, 0.1) is 27.7 Å². The molecule has 344 valence electrons. The molecule has 0 aliphatic carbocycles. The Labute approximate surface area is 358 Å². The van der Waals surface area contributed by atoms with E-state index in [1.165, 1.54) is 167 Å². The Hall–Kier alpha value is -1.25. The van der Waals surface area contributed by atoms with Gasteiger partial charge in [-0.15, -0.1) is 6.58 Å². The molecule has 1 unspecified atom stereocenters. The minimum absolute atomic E-state index is 0.0348. The van der Waals surface area contributed by atoms with Crippen LogP contribution in [0.4, 0.5) is 0 Å². The van der Waals surface area contributed by atoms with Gasteiger partial charge in [-0.2, -0.15) is 0 Å². The summed E-state index contributed by atoms with van der Waals surface area (Å²) in [4.78, 5) is 35.5. The van der Waals surface area contributed by atoms with Crippen LogP contribution in [0, 0.1) is 0 Å². The number of phosphoric ester groups is 1. The summed E-state index contributed by atoms with van der Waals surface area (Å²) in [5, 5.41) is 0. The smallest absolute Gasteiger partial charge is 0.462 e. The molecular formula is C48H95NO8P+. The average molecular weight is 845 g/mol. The number of nitrogens with zero attached hydrogens (tertiary/aromatic N) is 1. The maximum atomic E-state index is 12.7. The first-order valence-corrected chi connectivity index (χ1v) is 25.9. The molecule has 9 nitrogen and oxygen atoms in total. The molecule has 0 aromatic rings. The molecule has 0 spiro atoms. The monoisotopic (exact) mass is 845 g/mol. The molecule has 0 heterocycles. The molecule has 0 bridgehead atoms. The highest BCUT2D eigenvalue weighted by Crippen LogP contribution is 2.43. The Balaban J connectivity index is 4.23. The number of carbonyl (C=O) groups excluding carboxylic acids is 2. The van der Waals surface area contributed by atoms with Crippen LogP contribution in [0.1, 0.15) is 232 Å². The number of carbonyl (C=O) groups is 2. The van der Waals surface area contributed by atoms with Crippen molar-refractivity contribution in [3.63, 3.8) is 0 Å². The lowest BCUT2D eigenvalue weighted by molar-refractivity contribution is -0.870. The largest absolute Gasteiger partial charge is 0.472 e. The molecule has 58 heavy (non-hydrogen) atoms. The van der Waals surface area contributed by atoms with Crippen LogP contribution in [-0.2, 0) is 32.7 Å². The molecule has 0 amide bonds. The van der Waals surface area contributed by atoms with Crippen molar-refractivity contribution in [3.05, 3.63) is 12.7 Å². The average Bonchev–Trinajstić information content (AvgIpc) is 3.17. The van der Waals surface area contributed by atoms with E-state index in [4.69, 9.17) is 18.5 Å². The van der Waals surface area contributed by atoms with Gasteiger partial charge in [0, 0.05) is 12.8 Å². The van der Waals surface area contributed by atoms with Gasteiger partial charge in [0.2, 0.25) is 0 Å². The fourth-order valence-electron chi connectivity index (χ4n) is 7.11. The Morgan fingerprint density at radius 3 is 1.29 bits per heavy atom. The molecule has 10 heteroatoms. The number of esters is 2. The van der Waals surface area contributed by atoms with E-state index < -0.39 is 26.5 Å². The van der Waals surface area contributed by atoms with Gasteiger partial charge < -0.3 is 18.9 Å². The number of allylic oxidation sites excluding steroid dienone is 1. The third-order valence-corrected chi connectivity index (χ3v) is 11.9. The van der Waals surface area contributed by atoms with Gasteiger partial charge in [0.1, 0.15) is 19.8 Å². The van der Waals surface area contributed by atoms with Crippen LogP contribution in [0.15, 0.2) is 12.7 Å². The molecule has 0 rings (SSSR count). The predicted molar refractivity (Wildman–Crippen MR) is 243 cm³/mol.